The number of hydrogen-bond donors (Lipinski definition) is 0. The largest absolute Gasteiger partial charge is 0.259 e. The Hall–Kier alpha value is 0.150. The molecule has 0 aromatic heterocycles. The number of hydrogen-bond acceptors (Lipinski definition) is 1. The highest BCUT2D eigenvalue weighted by Crippen LogP contribution is 2.40. The van der Waals surface area contributed by atoms with E-state index in [1.54, 1.807) is 0 Å². The van der Waals surface area contributed by atoms with Gasteiger partial charge in [-0.15, -0.1) is 0 Å². The van der Waals surface area contributed by atoms with Crippen molar-refractivity contribution in [3.05, 3.63) is 0 Å². The molecule has 2 heterocycles. The second kappa shape index (κ2) is 3.49. The van der Waals surface area contributed by atoms with Gasteiger partial charge in [0, 0.05) is 21.3 Å². The third kappa shape index (κ3) is 1.46. The van der Waals surface area contributed by atoms with E-state index in [0.717, 1.165) is 5.92 Å². The van der Waals surface area contributed by atoms with Crippen LogP contribution in [0.1, 0.15) is 45.4 Å². The summed E-state index contributed by atoms with van der Waals surface area (Å²) in [5.74, 6) is 0.908. The van der Waals surface area contributed by atoms with Gasteiger partial charge in [0.25, 0.3) is 0 Å². The molecule has 0 N–H and O–H groups in total. The molecule has 2 unspecified atom stereocenters. The molecule has 0 aromatic carbocycles. The summed E-state index contributed by atoms with van der Waals surface area (Å²) in [7, 11) is -0.443. The second-order valence-corrected chi connectivity index (χ2v) is 6.27. The summed E-state index contributed by atoms with van der Waals surface area (Å²) in [5, 5.41) is 1.17. The molecule has 0 spiro atoms. The van der Waals surface area contributed by atoms with Crippen molar-refractivity contribution in [3.63, 3.8) is 0 Å². The molecule has 12 heavy (non-hydrogen) atoms. The van der Waals surface area contributed by atoms with E-state index >= 15 is 0 Å². The zero-order valence-corrected chi connectivity index (χ0v) is 8.61. The van der Waals surface area contributed by atoms with Crippen molar-refractivity contribution in [2.45, 2.75) is 55.9 Å². The highest BCUT2D eigenvalue weighted by molar-refractivity contribution is 7.86. The summed E-state index contributed by atoms with van der Waals surface area (Å²) in [4.78, 5) is 0. The predicted octanol–water partition coefficient (Wildman–Crippen LogP) is 2.48. The first-order valence-electron chi connectivity index (χ1n) is 5.20. The number of rotatable bonds is 2. The summed E-state index contributed by atoms with van der Waals surface area (Å²) in [5.41, 5.74) is 0. The third-order valence-corrected chi connectivity index (χ3v) is 5.53. The van der Waals surface area contributed by atoms with Crippen molar-refractivity contribution in [1.29, 1.82) is 0 Å². The average Bonchev–Trinajstić information content (AvgIpc) is 2.33. The van der Waals surface area contributed by atoms with Crippen molar-refractivity contribution < 1.29 is 4.21 Å². The summed E-state index contributed by atoms with van der Waals surface area (Å²) < 4.78 is 11.6. The van der Waals surface area contributed by atoms with Crippen molar-refractivity contribution in [1.82, 2.24) is 0 Å². The minimum absolute atomic E-state index is 0.443. The van der Waals surface area contributed by atoms with E-state index in [0.29, 0.717) is 10.5 Å². The van der Waals surface area contributed by atoms with E-state index in [1.807, 2.05) is 0 Å². The Morgan fingerprint density at radius 3 is 2.33 bits per heavy atom. The van der Waals surface area contributed by atoms with Gasteiger partial charge in [0.2, 0.25) is 0 Å². The standard InChI is InChI=1S/C10H18OS/c1-2-3-8-6-9-4-5-10(7-8)12(9)11/h8-10H,2-7H2,1H3. The van der Waals surface area contributed by atoms with Crippen LogP contribution in [0, 0.1) is 5.92 Å². The molecule has 1 nitrogen and oxygen atoms in total. The Balaban J connectivity index is 1.98. The van der Waals surface area contributed by atoms with Gasteiger partial charge >= 0.3 is 0 Å². The van der Waals surface area contributed by atoms with Gasteiger partial charge in [0.15, 0.2) is 0 Å². The van der Waals surface area contributed by atoms with Crippen molar-refractivity contribution >= 4 is 10.8 Å². The number of fused-ring (bicyclic) bond motifs is 2. The molecule has 2 bridgehead atoms. The fraction of sp³-hybridized carbons (Fsp3) is 1.00. The minimum atomic E-state index is -0.443. The third-order valence-electron chi connectivity index (χ3n) is 3.36. The molecule has 0 saturated carbocycles. The van der Waals surface area contributed by atoms with Gasteiger partial charge in [-0.1, -0.05) is 19.8 Å². The molecular formula is C10H18OS. The Kier molecular flexibility index (Phi) is 2.54. The summed E-state index contributed by atoms with van der Waals surface area (Å²) >= 11 is 0. The molecule has 2 atom stereocenters. The van der Waals surface area contributed by atoms with Gasteiger partial charge in [-0.3, -0.25) is 4.21 Å². The van der Waals surface area contributed by atoms with Crippen LogP contribution in [0.4, 0.5) is 0 Å². The maximum atomic E-state index is 11.6. The summed E-state index contributed by atoms with van der Waals surface area (Å²) in [6.45, 7) is 2.26. The average molecular weight is 186 g/mol. The molecule has 0 aliphatic carbocycles. The first kappa shape index (κ1) is 8.74. The molecular weight excluding hydrogens is 168 g/mol. The van der Waals surface area contributed by atoms with Crippen LogP contribution in [-0.4, -0.2) is 14.7 Å². The lowest BCUT2D eigenvalue weighted by Crippen LogP contribution is -2.27. The van der Waals surface area contributed by atoms with Gasteiger partial charge in [-0.2, -0.15) is 0 Å². The summed E-state index contributed by atoms with van der Waals surface area (Å²) in [6.07, 6.45) is 7.68. The maximum Gasteiger partial charge on any atom is 0.0353 e. The van der Waals surface area contributed by atoms with E-state index in [1.165, 1.54) is 38.5 Å². The lowest BCUT2D eigenvalue weighted by molar-refractivity contribution is 0.410. The molecule has 0 radical (unpaired) electrons. The Morgan fingerprint density at radius 2 is 1.83 bits per heavy atom. The normalized spacial score (nSPS) is 46.4. The lowest BCUT2D eigenvalue weighted by atomic mass is 9.95. The first-order chi connectivity index (χ1) is 5.81. The quantitative estimate of drug-likeness (QED) is 0.647. The predicted molar refractivity (Wildman–Crippen MR) is 52.6 cm³/mol. The topological polar surface area (TPSA) is 17.1 Å². The van der Waals surface area contributed by atoms with Gasteiger partial charge in [0.05, 0.1) is 0 Å². The smallest absolute Gasteiger partial charge is 0.0353 e. The van der Waals surface area contributed by atoms with Crippen LogP contribution in [-0.2, 0) is 10.8 Å². The Labute approximate surface area is 77.4 Å². The monoisotopic (exact) mass is 186 g/mol. The van der Waals surface area contributed by atoms with Crippen LogP contribution in [0.15, 0.2) is 0 Å². The molecule has 2 aliphatic heterocycles. The van der Waals surface area contributed by atoms with E-state index < -0.39 is 10.8 Å². The Morgan fingerprint density at radius 1 is 1.25 bits per heavy atom. The maximum absolute atomic E-state index is 11.6. The van der Waals surface area contributed by atoms with Crippen LogP contribution in [0.25, 0.3) is 0 Å². The van der Waals surface area contributed by atoms with E-state index in [2.05, 4.69) is 6.92 Å². The van der Waals surface area contributed by atoms with Crippen molar-refractivity contribution in [3.8, 4) is 0 Å². The van der Waals surface area contributed by atoms with E-state index in [4.69, 9.17) is 0 Å². The molecule has 2 rings (SSSR count). The minimum Gasteiger partial charge on any atom is -0.259 e. The first-order valence-corrected chi connectivity index (χ1v) is 6.48. The molecule has 0 aromatic rings. The fourth-order valence-electron chi connectivity index (χ4n) is 2.79. The van der Waals surface area contributed by atoms with Crippen molar-refractivity contribution in [2.24, 2.45) is 5.92 Å². The van der Waals surface area contributed by atoms with Crippen LogP contribution in [0.5, 0.6) is 0 Å². The highest BCUT2D eigenvalue weighted by atomic mass is 32.2. The molecule has 0 amide bonds. The van der Waals surface area contributed by atoms with Crippen LogP contribution >= 0.6 is 0 Å². The van der Waals surface area contributed by atoms with Crippen molar-refractivity contribution in [2.75, 3.05) is 0 Å². The molecule has 70 valence electrons. The fourth-order valence-corrected chi connectivity index (χ4v) is 4.99. The van der Waals surface area contributed by atoms with Crippen LogP contribution < -0.4 is 0 Å². The Bertz CT molecular complexity index is 174. The summed E-state index contributed by atoms with van der Waals surface area (Å²) in [6, 6.07) is 0. The van der Waals surface area contributed by atoms with Gasteiger partial charge < -0.3 is 0 Å². The zero-order valence-electron chi connectivity index (χ0n) is 7.79. The van der Waals surface area contributed by atoms with E-state index in [9.17, 15) is 4.21 Å². The molecule has 2 heteroatoms. The zero-order chi connectivity index (χ0) is 8.55. The van der Waals surface area contributed by atoms with Gasteiger partial charge in [-0.05, 0) is 31.6 Å². The molecule has 2 fully saturated rings. The molecule has 2 saturated heterocycles. The van der Waals surface area contributed by atoms with Gasteiger partial charge in [0.1, 0.15) is 0 Å². The van der Waals surface area contributed by atoms with Crippen LogP contribution in [0.3, 0.4) is 0 Å². The highest BCUT2D eigenvalue weighted by Gasteiger charge is 2.39. The van der Waals surface area contributed by atoms with E-state index in [-0.39, 0.29) is 0 Å². The van der Waals surface area contributed by atoms with Crippen LogP contribution in [0.2, 0.25) is 0 Å². The molecule has 2 aliphatic rings. The van der Waals surface area contributed by atoms with Gasteiger partial charge in [-0.25, -0.2) is 0 Å². The SMILES string of the molecule is CCCC1CC2CCC(C1)S2=O. The lowest BCUT2D eigenvalue weighted by Gasteiger charge is -2.26. The second-order valence-electron chi connectivity index (χ2n) is 4.28.